The molecular formula is C30H28N6O. The van der Waals surface area contributed by atoms with Crippen LogP contribution in [0.1, 0.15) is 53.4 Å². The molecule has 1 amide bonds. The van der Waals surface area contributed by atoms with Gasteiger partial charge in [-0.1, -0.05) is 26.8 Å². The number of pyridine rings is 1. The first-order valence-corrected chi connectivity index (χ1v) is 12.1. The van der Waals surface area contributed by atoms with Crippen molar-refractivity contribution in [1.29, 1.82) is 5.26 Å². The van der Waals surface area contributed by atoms with E-state index in [2.05, 4.69) is 54.7 Å². The molecule has 0 radical (unpaired) electrons. The normalized spacial score (nSPS) is 11.5. The lowest BCUT2D eigenvalue weighted by molar-refractivity contribution is 0.102. The number of nitrogens with one attached hydrogen (secondary N) is 1. The molecule has 0 atom stereocenters. The summed E-state index contributed by atoms with van der Waals surface area (Å²) in [4.78, 5) is 17.5. The zero-order valence-electron chi connectivity index (χ0n) is 21.6. The Labute approximate surface area is 216 Å². The number of anilines is 1. The molecule has 0 fully saturated rings. The molecular weight excluding hydrogens is 460 g/mol. The van der Waals surface area contributed by atoms with E-state index in [1.54, 1.807) is 18.5 Å². The number of nitrogens with zero attached hydrogens (tertiary/aromatic N) is 5. The second kappa shape index (κ2) is 9.07. The zero-order valence-corrected chi connectivity index (χ0v) is 21.6. The average molecular weight is 489 g/mol. The Hall–Kier alpha value is -4.70. The number of carbonyl (C=O) groups is 1. The Bertz CT molecular complexity index is 1680. The van der Waals surface area contributed by atoms with Crippen molar-refractivity contribution in [2.24, 2.45) is 0 Å². The van der Waals surface area contributed by atoms with Gasteiger partial charge >= 0.3 is 0 Å². The van der Waals surface area contributed by atoms with E-state index in [0.717, 1.165) is 39.3 Å². The quantitative estimate of drug-likeness (QED) is 0.325. The lowest BCUT2D eigenvalue weighted by Gasteiger charge is -2.20. The van der Waals surface area contributed by atoms with Gasteiger partial charge in [-0.2, -0.15) is 10.4 Å². The fraction of sp³-hybridized carbons (Fsp3) is 0.200. The van der Waals surface area contributed by atoms with E-state index in [1.807, 2.05) is 60.2 Å². The van der Waals surface area contributed by atoms with Crippen LogP contribution in [0.2, 0.25) is 0 Å². The minimum atomic E-state index is -0.249. The van der Waals surface area contributed by atoms with Crippen molar-refractivity contribution in [3.63, 3.8) is 0 Å². The van der Waals surface area contributed by atoms with Crippen LogP contribution in [0, 0.1) is 25.2 Å². The Morgan fingerprint density at radius 3 is 2.54 bits per heavy atom. The van der Waals surface area contributed by atoms with Crippen LogP contribution < -0.4 is 5.32 Å². The Kier molecular flexibility index (Phi) is 5.88. The van der Waals surface area contributed by atoms with Crippen molar-refractivity contribution < 1.29 is 4.79 Å². The summed E-state index contributed by atoms with van der Waals surface area (Å²) in [7, 11) is 0. The van der Waals surface area contributed by atoms with E-state index >= 15 is 0 Å². The molecule has 0 saturated heterocycles. The van der Waals surface area contributed by atoms with Crippen molar-refractivity contribution in [3.8, 4) is 23.0 Å². The van der Waals surface area contributed by atoms with E-state index < -0.39 is 0 Å². The summed E-state index contributed by atoms with van der Waals surface area (Å²) in [6.45, 7) is 10.2. The number of carbonyl (C=O) groups excluding carboxylic acids is 1. The molecule has 0 unspecified atom stereocenters. The fourth-order valence-electron chi connectivity index (χ4n) is 4.43. The van der Waals surface area contributed by atoms with E-state index in [0.29, 0.717) is 16.8 Å². The topological polar surface area (TPSA) is 88.0 Å². The van der Waals surface area contributed by atoms with Gasteiger partial charge in [-0.3, -0.25) is 14.3 Å². The highest BCUT2D eigenvalue weighted by molar-refractivity contribution is 6.05. The lowest BCUT2D eigenvalue weighted by atomic mass is 9.85. The maximum atomic E-state index is 13.3. The number of rotatable bonds is 4. The molecule has 184 valence electrons. The maximum absolute atomic E-state index is 13.3. The summed E-state index contributed by atoms with van der Waals surface area (Å²) in [5.74, 6) is -0.249. The number of hydrogen-bond acceptors (Lipinski definition) is 4. The van der Waals surface area contributed by atoms with Crippen LogP contribution in [-0.4, -0.2) is 25.1 Å². The molecule has 5 aromatic rings. The van der Waals surface area contributed by atoms with Gasteiger partial charge in [-0.25, -0.2) is 4.52 Å². The average Bonchev–Trinajstić information content (AvgIpc) is 3.47. The van der Waals surface area contributed by atoms with Crippen molar-refractivity contribution in [3.05, 3.63) is 101 Å². The fourth-order valence-corrected chi connectivity index (χ4v) is 4.43. The third kappa shape index (κ3) is 4.62. The number of nitriles is 1. The molecule has 0 saturated carbocycles. The summed E-state index contributed by atoms with van der Waals surface area (Å²) in [5.41, 5.74) is 8.05. The van der Waals surface area contributed by atoms with Crippen LogP contribution >= 0.6 is 0 Å². The van der Waals surface area contributed by atoms with Gasteiger partial charge in [0.1, 0.15) is 5.65 Å². The number of benzene rings is 2. The number of fused-ring (bicyclic) bond motifs is 1. The molecule has 0 aliphatic rings. The molecule has 37 heavy (non-hydrogen) atoms. The van der Waals surface area contributed by atoms with Gasteiger partial charge in [0.05, 0.1) is 23.0 Å². The summed E-state index contributed by atoms with van der Waals surface area (Å²) < 4.78 is 3.90. The molecule has 7 nitrogen and oxygen atoms in total. The smallest absolute Gasteiger partial charge is 0.255 e. The van der Waals surface area contributed by atoms with Crippen molar-refractivity contribution >= 4 is 17.2 Å². The minimum absolute atomic E-state index is 0.186. The van der Waals surface area contributed by atoms with Gasteiger partial charge in [0.25, 0.3) is 5.91 Å². The molecule has 7 heteroatoms. The molecule has 2 aromatic carbocycles. The van der Waals surface area contributed by atoms with E-state index in [-0.39, 0.29) is 11.3 Å². The first kappa shape index (κ1) is 24.0. The predicted molar refractivity (Wildman–Crippen MR) is 145 cm³/mol. The molecule has 0 aliphatic heterocycles. The second-order valence-electron chi connectivity index (χ2n) is 10.3. The zero-order chi connectivity index (χ0) is 26.3. The van der Waals surface area contributed by atoms with Gasteiger partial charge < -0.3 is 5.32 Å². The molecule has 1 N–H and O–H groups in total. The summed E-state index contributed by atoms with van der Waals surface area (Å²) in [5, 5.41) is 17.3. The van der Waals surface area contributed by atoms with Gasteiger partial charge in [0.2, 0.25) is 0 Å². The second-order valence-corrected chi connectivity index (χ2v) is 10.3. The minimum Gasteiger partial charge on any atom is -0.322 e. The van der Waals surface area contributed by atoms with Crippen LogP contribution in [0.3, 0.4) is 0 Å². The predicted octanol–water partition coefficient (Wildman–Crippen LogP) is 6.23. The number of hydrogen-bond donors (Lipinski definition) is 1. The first-order valence-electron chi connectivity index (χ1n) is 12.1. The van der Waals surface area contributed by atoms with Crippen LogP contribution in [0.15, 0.2) is 73.3 Å². The van der Waals surface area contributed by atoms with Gasteiger partial charge in [-0.15, -0.1) is 0 Å². The first-order chi connectivity index (χ1) is 17.6. The largest absolute Gasteiger partial charge is 0.322 e. The maximum Gasteiger partial charge on any atom is 0.255 e. The number of amides is 1. The number of aryl methyl sites for hydroxylation is 2. The highest BCUT2D eigenvalue weighted by Gasteiger charge is 2.19. The van der Waals surface area contributed by atoms with Crippen LogP contribution in [-0.2, 0) is 5.41 Å². The third-order valence-electron chi connectivity index (χ3n) is 6.52. The summed E-state index contributed by atoms with van der Waals surface area (Å²) >= 11 is 0. The van der Waals surface area contributed by atoms with Crippen LogP contribution in [0.5, 0.6) is 0 Å². The van der Waals surface area contributed by atoms with Crippen LogP contribution in [0.4, 0.5) is 5.69 Å². The monoisotopic (exact) mass is 488 g/mol. The highest BCUT2D eigenvalue weighted by atomic mass is 16.1. The molecule has 0 aliphatic carbocycles. The van der Waals surface area contributed by atoms with Crippen LogP contribution in [0.25, 0.3) is 22.6 Å². The number of aromatic nitrogens is 4. The van der Waals surface area contributed by atoms with Crippen molar-refractivity contribution in [2.45, 2.75) is 40.0 Å². The summed E-state index contributed by atoms with van der Waals surface area (Å²) in [6.07, 6.45) is 7.41. The molecule has 3 heterocycles. The van der Waals surface area contributed by atoms with Gasteiger partial charge in [0.15, 0.2) is 0 Å². The van der Waals surface area contributed by atoms with Gasteiger partial charge in [0, 0.05) is 47.7 Å². The molecule has 0 bridgehead atoms. The molecule has 5 rings (SSSR count). The third-order valence-corrected chi connectivity index (χ3v) is 6.52. The standard InChI is InChI=1S/C30H28N6O/c1-19-11-20(2)27(35-9-10-36-28(35)16-26(34-36)22-7-6-8-32-18-22)15-25(19)33-29(37)23-12-21(17-31)13-24(14-23)30(3,4)5/h6-16,18H,1-5H3,(H,33,37). The molecule has 3 aromatic heterocycles. The van der Waals surface area contributed by atoms with E-state index in [1.165, 1.54) is 0 Å². The highest BCUT2D eigenvalue weighted by Crippen LogP contribution is 2.29. The van der Waals surface area contributed by atoms with Crippen molar-refractivity contribution in [1.82, 2.24) is 19.2 Å². The Morgan fingerprint density at radius 1 is 1.03 bits per heavy atom. The van der Waals surface area contributed by atoms with E-state index in [4.69, 9.17) is 5.10 Å². The summed E-state index contributed by atoms with van der Waals surface area (Å²) in [6, 6.07) is 17.5. The Balaban J connectivity index is 1.52. The van der Waals surface area contributed by atoms with Gasteiger partial charge in [-0.05, 0) is 72.4 Å². The molecule has 0 spiro atoms. The Morgan fingerprint density at radius 2 is 1.84 bits per heavy atom. The SMILES string of the molecule is Cc1cc(C)c(-n2ccn3nc(-c4cccnc4)cc23)cc1NC(=O)c1cc(C#N)cc(C(C)(C)C)c1. The van der Waals surface area contributed by atoms with E-state index in [9.17, 15) is 10.1 Å². The van der Waals surface area contributed by atoms with Crippen molar-refractivity contribution in [2.75, 3.05) is 5.32 Å². The number of imidazole rings is 1. The lowest BCUT2D eigenvalue weighted by Crippen LogP contribution is -2.17.